The first-order chi connectivity index (χ1) is 15.7. The van der Waals surface area contributed by atoms with E-state index in [2.05, 4.69) is 5.32 Å². The van der Waals surface area contributed by atoms with Crippen LogP contribution in [0.5, 0.6) is 0 Å². The molecule has 176 valence electrons. The van der Waals surface area contributed by atoms with Crippen molar-refractivity contribution in [2.75, 3.05) is 7.11 Å². The first-order valence-corrected chi connectivity index (χ1v) is 11.6. The number of allylic oxidation sites excluding steroid dienone is 3. The minimum Gasteiger partial charge on any atom is -0.468 e. The Morgan fingerprint density at radius 3 is 2.55 bits per heavy atom. The lowest BCUT2D eigenvalue weighted by Crippen LogP contribution is -2.43. The predicted molar refractivity (Wildman–Crippen MR) is 120 cm³/mol. The lowest BCUT2D eigenvalue weighted by molar-refractivity contribution is -0.151. The van der Waals surface area contributed by atoms with Crippen LogP contribution in [0.25, 0.3) is 0 Å². The van der Waals surface area contributed by atoms with Crippen molar-refractivity contribution in [1.29, 1.82) is 0 Å². The van der Waals surface area contributed by atoms with Crippen molar-refractivity contribution < 1.29 is 28.2 Å². The summed E-state index contributed by atoms with van der Waals surface area (Å²) in [4.78, 5) is 39.5. The van der Waals surface area contributed by atoms with E-state index in [9.17, 15) is 14.4 Å². The number of rotatable bonds is 4. The van der Waals surface area contributed by atoms with Gasteiger partial charge in [0.15, 0.2) is 5.78 Å². The van der Waals surface area contributed by atoms with E-state index in [0.717, 1.165) is 25.7 Å². The van der Waals surface area contributed by atoms with Crippen LogP contribution in [0.4, 0.5) is 4.39 Å². The number of esters is 2. The molecule has 0 unspecified atom stereocenters. The molecular formula is C25H27ClFNO5. The number of halogens is 2. The van der Waals surface area contributed by atoms with Gasteiger partial charge in [-0.2, -0.15) is 0 Å². The Labute approximate surface area is 197 Å². The topological polar surface area (TPSA) is 81.7 Å². The minimum absolute atomic E-state index is 0.0254. The molecule has 2 aliphatic carbocycles. The van der Waals surface area contributed by atoms with Crippen molar-refractivity contribution in [2.24, 2.45) is 11.8 Å². The number of ketones is 1. The number of nitrogens with one attached hydrogen (secondary N) is 1. The molecule has 1 aromatic rings. The quantitative estimate of drug-likeness (QED) is 0.507. The van der Waals surface area contributed by atoms with Crippen LogP contribution in [0.3, 0.4) is 0 Å². The van der Waals surface area contributed by atoms with E-state index in [-0.39, 0.29) is 33.8 Å². The van der Waals surface area contributed by atoms with Gasteiger partial charge in [0.05, 0.1) is 18.6 Å². The maximum absolute atomic E-state index is 15.2. The summed E-state index contributed by atoms with van der Waals surface area (Å²) in [6.07, 6.45) is 3.64. The van der Waals surface area contributed by atoms with E-state index in [1.165, 1.54) is 25.3 Å². The first kappa shape index (κ1) is 23.5. The first-order valence-electron chi connectivity index (χ1n) is 11.2. The Morgan fingerprint density at radius 2 is 1.91 bits per heavy atom. The van der Waals surface area contributed by atoms with Crippen LogP contribution in [0.1, 0.15) is 57.4 Å². The molecule has 0 saturated heterocycles. The van der Waals surface area contributed by atoms with Gasteiger partial charge in [0.2, 0.25) is 0 Å². The van der Waals surface area contributed by atoms with Gasteiger partial charge in [-0.1, -0.05) is 24.6 Å². The Hall–Kier alpha value is -2.67. The van der Waals surface area contributed by atoms with Gasteiger partial charge < -0.3 is 14.8 Å². The third-order valence-corrected chi connectivity index (χ3v) is 7.16. The number of methoxy groups -OCH3 is 1. The number of carbonyl (C=O) groups is 3. The van der Waals surface area contributed by atoms with Gasteiger partial charge >= 0.3 is 11.9 Å². The van der Waals surface area contributed by atoms with Crippen molar-refractivity contribution >= 4 is 29.3 Å². The molecule has 8 heteroatoms. The van der Waals surface area contributed by atoms with Crippen LogP contribution >= 0.6 is 11.6 Å². The molecule has 1 heterocycles. The van der Waals surface area contributed by atoms with Crippen molar-refractivity contribution in [2.45, 2.75) is 58.0 Å². The summed E-state index contributed by atoms with van der Waals surface area (Å²) in [7, 11) is 1.23. The average Bonchev–Trinajstić information content (AvgIpc) is 3.25. The highest BCUT2D eigenvalue weighted by Gasteiger charge is 2.48. The highest BCUT2D eigenvalue weighted by molar-refractivity contribution is 6.31. The van der Waals surface area contributed by atoms with E-state index in [4.69, 9.17) is 21.1 Å². The molecular weight excluding hydrogens is 449 g/mol. The van der Waals surface area contributed by atoms with Gasteiger partial charge in [0, 0.05) is 27.6 Å². The standard InChI is InChI=1S/C25H27ClFNO5/c1-12-11-17-21(23(29)18(12)24(30)32-3)22(20-15(26)9-6-10-16(20)27)19(13(2)28-17)25(31)33-14-7-4-5-8-14/h6,9-10,12,14,18,22,28H,4-5,7-8,11H2,1-3H3/t12-,18-,22-/m1/s1. The lowest BCUT2D eigenvalue weighted by atomic mass is 9.69. The van der Waals surface area contributed by atoms with E-state index in [1.807, 2.05) is 0 Å². The fourth-order valence-electron chi connectivity index (χ4n) is 5.25. The minimum atomic E-state index is -1.09. The van der Waals surface area contributed by atoms with Crippen molar-refractivity contribution in [3.63, 3.8) is 0 Å². The average molecular weight is 476 g/mol. The van der Waals surface area contributed by atoms with E-state index >= 15 is 4.39 Å². The van der Waals surface area contributed by atoms with Gasteiger partial charge in [-0.25, -0.2) is 9.18 Å². The fraction of sp³-hybridized carbons (Fsp3) is 0.480. The summed E-state index contributed by atoms with van der Waals surface area (Å²) < 4.78 is 25.8. The van der Waals surface area contributed by atoms with Crippen LogP contribution in [-0.2, 0) is 23.9 Å². The number of carbonyl (C=O) groups excluding carboxylic acids is 3. The monoisotopic (exact) mass is 475 g/mol. The van der Waals surface area contributed by atoms with Crippen LogP contribution < -0.4 is 5.32 Å². The van der Waals surface area contributed by atoms with Gasteiger partial charge in [0.25, 0.3) is 0 Å². The molecule has 1 N–H and O–H groups in total. The summed E-state index contributed by atoms with van der Waals surface area (Å²) in [6.45, 7) is 3.50. The van der Waals surface area contributed by atoms with Crippen LogP contribution in [-0.4, -0.2) is 30.9 Å². The molecule has 1 fully saturated rings. The highest BCUT2D eigenvalue weighted by atomic mass is 35.5. The zero-order chi connectivity index (χ0) is 23.9. The molecule has 33 heavy (non-hydrogen) atoms. The molecule has 6 nitrogen and oxygen atoms in total. The Morgan fingerprint density at radius 1 is 1.21 bits per heavy atom. The van der Waals surface area contributed by atoms with Crippen LogP contribution in [0.15, 0.2) is 40.7 Å². The molecule has 1 saturated carbocycles. The number of benzene rings is 1. The predicted octanol–water partition coefficient (Wildman–Crippen LogP) is 4.58. The van der Waals surface area contributed by atoms with Gasteiger partial charge in [-0.05, 0) is 57.1 Å². The van der Waals surface area contributed by atoms with Gasteiger partial charge in [-0.3, -0.25) is 9.59 Å². The van der Waals surface area contributed by atoms with Crippen LogP contribution in [0, 0.1) is 17.7 Å². The normalized spacial score (nSPS) is 25.6. The molecule has 0 bridgehead atoms. The molecule has 0 radical (unpaired) electrons. The van der Waals surface area contributed by atoms with Crippen molar-refractivity contribution in [3.8, 4) is 0 Å². The summed E-state index contributed by atoms with van der Waals surface area (Å²) in [6, 6.07) is 4.23. The molecule has 0 amide bonds. The summed E-state index contributed by atoms with van der Waals surface area (Å²) in [5, 5.41) is 3.26. The van der Waals surface area contributed by atoms with Crippen molar-refractivity contribution in [3.05, 3.63) is 57.1 Å². The van der Waals surface area contributed by atoms with Crippen molar-refractivity contribution in [1.82, 2.24) is 5.32 Å². The summed E-state index contributed by atoms with van der Waals surface area (Å²) in [5.74, 6) is -4.85. The molecule has 1 aliphatic heterocycles. The summed E-state index contributed by atoms with van der Waals surface area (Å²) in [5.41, 5.74) is 1.38. The third-order valence-electron chi connectivity index (χ3n) is 6.83. The number of dihydropyridines is 1. The van der Waals surface area contributed by atoms with E-state index in [0.29, 0.717) is 17.8 Å². The second-order valence-corrected chi connectivity index (χ2v) is 9.39. The molecule has 0 spiro atoms. The van der Waals surface area contributed by atoms with Crippen LogP contribution in [0.2, 0.25) is 5.02 Å². The number of hydrogen-bond donors (Lipinski definition) is 1. The largest absolute Gasteiger partial charge is 0.468 e. The lowest BCUT2D eigenvalue weighted by Gasteiger charge is -2.38. The smallest absolute Gasteiger partial charge is 0.337 e. The molecule has 4 rings (SSSR count). The molecule has 3 atom stereocenters. The second-order valence-electron chi connectivity index (χ2n) is 8.98. The fourth-order valence-corrected chi connectivity index (χ4v) is 5.52. The molecule has 3 aliphatic rings. The Bertz CT molecular complexity index is 1050. The molecule has 0 aromatic heterocycles. The maximum atomic E-state index is 15.2. The zero-order valence-corrected chi connectivity index (χ0v) is 19.6. The third kappa shape index (κ3) is 4.19. The highest BCUT2D eigenvalue weighted by Crippen LogP contribution is 2.47. The SMILES string of the molecule is COC(=O)[C@H]1C(=O)C2=C(C[C@H]1C)NC(C)=C(C(=O)OC1CCCC1)[C@@H]2c1c(F)cccc1Cl. The molecule has 1 aromatic carbocycles. The number of ether oxygens (including phenoxy) is 2. The number of Topliss-reactive ketones (excluding diaryl/α,β-unsaturated/α-hetero) is 1. The van der Waals surface area contributed by atoms with Gasteiger partial charge in [0.1, 0.15) is 17.8 Å². The zero-order valence-electron chi connectivity index (χ0n) is 18.9. The Kier molecular flexibility index (Phi) is 6.61. The summed E-state index contributed by atoms with van der Waals surface area (Å²) >= 11 is 6.42. The van der Waals surface area contributed by atoms with E-state index < -0.39 is 35.4 Å². The Balaban J connectivity index is 1.86. The maximum Gasteiger partial charge on any atom is 0.337 e. The second kappa shape index (κ2) is 9.29. The van der Waals surface area contributed by atoms with Gasteiger partial charge in [-0.15, -0.1) is 0 Å². The van der Waals surface area contributed by atoms with E-state index in [1.54, 1.807) is 13.8 Å². The number of hydrogen-bond acceptors (Lipinski definition) is 6.